The number of amides is 1. The molecule has 0 aliphatic carbocycles. The first kappa shape index (κ1) is 17.6. The fourth-order valence-electron chi connectivity index (χ4n) is 1.84. The molecule has 0 radical (unpaired) electrons. The summed E-state index contributed by atoms with van der Waals surface area (Å²) in [7, 11) is -1.93. The Bertz CT molecular complexity index is 570. The molecule has 0 saturated heterocycles. The Morgan fingerprint density at radius 1 is 1.29 bits per heavy atom. The SMILES string of the molecule is CCN(C)C(=O)C(C)NS(=O)(=O)Cc1ccc(CN)cc1. The van der Waals surface area contributed by atoms with Crippen molar-refractivity contribution in [3.05, 3.63) is 35.4 Å². The maximum atomic E-state index is 12.1. The number of nitrogens with two attached hydrogens (primary N) is 1. The number of carbonyl (C=O) groups is 1. The van der Waals surface area contributed by atoms with Crippen molar-refractivity contribution in [2.24, 2.45) is 5.73 Å². The maximum Gasteiger partial charge on any atom is 0.240 e. The molecule has 0 spiro atoms. The van der Waals surface area contributed by atoms with E-state index in [-0.39, 0.29) is 11.7 Å². The van der Waals surface area contributed by atoms with E-state index in [1.54, 1.807) is 38.2 Å². The van der Waals surface area contributed by atoms with E-state index in [9.17, 15) is 13.2 Å². The summed E-state index contributed by atoms with van der Waals surface area (Å²) in [5, 5.41) is 0. The summed E-state index contributed by atoms with van der Waals surface area (Å²) in [6.07, 6.45) is 0. The minimum Gasteiger partial charge on any atom is -0.345 e. The van der Waals surface area contributed by atoms with Crippen molar-refractivity contribution in [1.82, 2.24) is 9.62 Å². The van der Waals surface area contributed by atoms with Crippen molar-refractivity contribution in [3.8, 4) is 0 Å². The van der Waals surface area contributed by atoms with E-state index in [1.165, 1.54) is 4.90 Å². The summed E-state index contributed by atoms with van der Waals surface area (Å²) in [5.74, 6) is -0.412. The number of hydrogen-bond acceptors (Lipinski definition) is 4. The van der Waals surface area contributed by atoms with Crippen molar-refractivity contribution in [2.45, 2.75) is 32.2 Å². The molecule has 6 nitrogen and oxygen atoms in total. The van der Waals surface area contributed by atoms with E-state index in [4.69, 9.17) is 5.73 Å². The molecular weight excluding hydrogens is 290 g/mol. The van der Waals surface area contributed by atoms with E-state index in [0.717, 1.165) is 5.56 Å². The van der Waals surface area contributed by atoms with E-state index < -0.39 is 16.1 Å². The summed E-state index contributed by atoms with van der Waals surface area (Å²) < 4.78 is 26.6. The van der Waals surface area contributed by atoms with E-state index >= 15 is 0 Å². The molecule has 0 fully saturated rings. The second kappa shape index (κ2) is 7.53. The van der Waals surface area contributed by atoms with Crippen molar-refractivity contribution >= 4 is 15.9 Å². The van der Waals surface area contributed by atoms with E-state index in [0.29, 0.717) is 18.7 Å². The number of hydrogen-bond donors (Lipinski definition) is 2. The van der Waals surface area contributed by atoms with Gasteiger partial charge in [0, 0.05) is 20.1 Å². The summed E-state index contributed by atoms with van der Waals surface area (Å²) in [6, 6.07) is 6.27. The van der Waals surface area contributed by atoms with Crippen LogP contribution in [0.15, 0.2) is 24.3 Å². The van der Waals surface area contributed by atoms with E-state index in [2.05, 4.69) is 4.72 Å². The average Bonchev–Trinajstić information content (AvgIpc) is 2.45. The zero-order chi connectivity index (χ0) is 16.0. The van der Waals surface area contributed by atoms with Gasteiger partial charge in [0.15, 0.2) is 0 Å². The lowest BCUT2D eigenvalue weighted by atomic mass is 10.1. The molecule has 0 bridgehead atoms. The molecule has 1 rings (SSSR count). The van der Waals surface area contributed by atoms with Crippen LogP contribution in [0, 0.1) is 0 Å². The Balaban J connectivity index is 2.70. The van der Waals surface area contributed by atoms with Gasteiger partial charge in [-0.15, -0.1) is 0 Å². The standard InChI is InChI=1S/C14H23N3O3S/c1-4-17(3)14(18)11(2)16-21(19,20)10-13-7-5-12(9-15)6-8-13/h5-8,11,16H,4,9-10,15H2,1-3H3. The van der Waals surface area contributed by atoms with Crippen LogP contribution in [0.25, 0.3) is 0 Å². The largest absolute Gasteiger partial charge is 0.345 e. The number of benzene rings is 1. The number of nitrogens with zero attached hydrogens (tertiary/aromatic N) is 1. The fourth-order valence-corrected chi connectivity index (χ4v) is 3.19. The van der Waals surface area contributed by atoms with Gasteiger partial charge >= 0.3 is 0 Å². The molecule has 3 N–H and O–H groups in total. The first-order valence-corrected chi connectivity index (χ1v) is 8.47. The molecule has 1 unspecified atom stereocenters. The van der Waals surface area contributed by atoms with Crippen LogP contribution in [-0.2, 0) is 27.1 Å². The minimum absolute atomic E-state index is 0.161. The predicted octanol–water partition coefficient (Wildman–Crippen LogP) is 0.432. The van der Waals surface area contributed by atoms with Gasteiger partial charge < -0.3 is 10.6 Å². The van der Waals surface area contributed by atoms with Gasteiger partial charge in [-0.2, -0.15) is 0 Å². The molecule has 1 aromatic carbocycles. The zero-order valence-corrected chi connectivity index (χ0v) is 13.5. The molecule has 1 amide bonds. The van der Waals surface area contributed by atoms with Crippen LogP contribution in [0.5, 0.6) is 0 Å². The van der Waals surface area contributed by atoms with Crippen molar-refractivity contribution in [1.29, 1.82) is 0 Å². The monoisotopic (exact) mass is 313 g/mol. The second-order valence-electron chi connectivity index (χ2n) is 4.97. The highest BCUT2D eigenvalue weighted by Gasteiger charge is 2.22. The zero-order valence-electron chi connectivity index (χ0n) is 12.7. The topological polar surface area (TPSA) is 92.5 Å². The van der Waals surface area contributed by atoms with Crippen LogP contribution in [0.1, 0.15) is 25.0 Å². The van der Waals surface area contributed by atoms with Crippen LogP contribution < -0.4 is 10.5 Å². The Morgan fingerprint density at radius 3 is 2.29 bits per heavy atom. The molecule has 1 aromatic rings. The van der Waals surface area contributed by atoms with Crippen LogP contribution in [0.4, 0.5) is 0 Å². The number of rotatable bonds is 7. The number of nitrogens with one attached hydrogen (secondary N) is 1. The fraction of sp³-hybridized carbons (Fsp3) is 0.500. The Kier molecular flexibility index (Phi) is 6.32. The highest BCUT2D eigenvalue weighted by Crippen LogP contribution is 2.08. The maximum absolute atomic E-state index is 12.1. The van der Waals surface area contributed by atoms with E-state index in [1.807, 2.05) is 6.92 Å². The van der Waals surface area contributed by atoms with Crippen LogP contribution in [0.2, 0.25) is 0 Å². The third-order valence-electron chi connectivity index (χ3n) is 3.19. The lowest BCUT2D eigenvalue weighted by Gasteiger charge is -2.20. The van der Waals surface area contributed by atoms with Crippen LogP contribution in [-0.4, -0.2) is 38.9 Å². The Hall–Kier alpha value is -1.44. The molecule has 7 heteroatoms. The highest BCUT2D eigenvalue weighted by atomic mass is 32.2. The number of sulfonamides is 1. The predicted molar refractivity (Wildman–Crippen MR) is 82.9 cm³/mol. The molecule has 0 aliphatic heterocycles. The third kappa shape index (κ3) is 5.45. The van der Waals surface area contributed by atoms with Crippen molar-refractivity contribution < 1.29 is 13.2 Å². The molecule has 0 saturated carbocycles. The van der Waals surface area contributed by atoms with Gasteiger partial charge in [-0.1, -0.05) is 24.3 Å². The average molecular weight is 313 g/mol. The number of carbonyl (C=O) groups excluding carboxylic acids is 1. The summed E-state index contributed by atoms with van der Waals surface area (Å²) in [5.41, 5.74) is 7.09. The molecule has 0 heterocycles. The summed E-state index contributed by atoms with van der Waals surface area (Å²) >= 11 is 0. The van der Waals surface area contributed by atoms with Crippen molar-refractivity contribution in [2.75, 3.05) is 13.6 Å². The summed E-state index contributed by atoms with van der Waals surface area (Å²) in [4.78, 5) is 13.3. The molecule has 0 aromatic heterocycles. The highest BCUT2D eigenvalue weighted by molar-refractivity contribution is 7.88. The van der Waals surface area contributed by atoms with Crippen molar-refractivity contribution in [3.63, 3.8) is 0 Å². The molecule has 0 aliphatic rings. The van der Waals surface area contributed by atoms with Gasteiger partial charge in [-0.05, 0) is 25.0 Å². The van der Waals surface area contributed by atoms with Gasteiger partial charge in [0.1, 0.15) is 0 Å². The van der Waals surface area contributed by atoms with Crippen LogP contribution in [0.3, 0.4) is 0 Å². The second-order valence-corrected chi connectivity index (χ2v) is 6.73. The van der Waals surface area contributed by atoms with Crippen LogP contribution >= 0.6 is 0 Å². The number of likely N-dealkylation sites (N-methyl/N-ethyl adjacent to an activating group) is 1. The quantitative estimate of drug-likeness (QED) is 0.763. The minimum atomic E-state index is -3.57. The molecule has 118 valence electrons. The molecule has 1 atom stereocenters. The smallest absolute Gasteiger partial charge is 0.240 e. The molecule has 21 heavy (non-hydrogen) atoms. The van der Waals surface area contributed by atoms with Gasteiger partial charge in [0.05, 0.1) is 11.8 Å². The Morgan fingerprint density at radius 2 is 1.81 bits per heavy atom. The van der Waals surface area contributed by atoms with Gasteiger partial charge in [0.25, 0.3) is 0 Å². The first-order chi connectivity index (χ1) is 9.79. The van der Waals surface area contributed by atoms with Gasteiger partial charge in [0.2, 0.25) is 15.9 Å². The lowest BCUT2D eigenvalue weighted by Crippen LogP contribution is -2.45. The molecular formula is C14H23N3O3S. The normalized spacial score (nSPS) is 13.0. The van der Waals surface area contributed by atoms with Gasteiger partial charge in [-0.3, -0.25) is 4.79 Å². The first-order valence-electron chi connectivity index (χ1n) is 6.82. The summed E-state index contributed by atoms with van der Waals surface area (Å²) in [6.45, 7) is 4.33. The third-order valence-corrected chi connectivity index (χ3v) is 4.62. The Labute approximate surface area is 126 Å². The van der Waals surface area contributed by atoms with Gasteiger partial charge in [-0.25, -0.2) is 13.1 Å². The lowest BCUT2D eigenvalue weighted by molar-refractivity contribution is -0.131.